The van der Waals surface area contributed by atoms with Crippen LogP contribution in [0.4, 0.5) is 17.5 Å². The molecule has 7 heteroatoms. The molecule has 3 rings (SSSR count). The number of hydrogen-bond acceptors (Lipinski definition) is 6. The van der Waals surface area contributed by atoms with Gasteiger partial charge in [0, 0.05) is 25.9 Å². The molecule has 0 atom stereocenters. The largest absolute Gasteiger partial charge is 0.396 e. The predicted molar refractivity (Wildman–Crippen MR) is 91.0 cm³/mol. The Kier molecular flexibility index (Phi) is 4.38. The number of aliphatic hydroxyl groups excluding tert-OH is 1. The second-order valence-corrected chi connectivity index (χ2v) is 5.40. The molecule has 0 bridgehead atoms. The number of rotatable bonds is 6. The van der Waals surface area contributed by atoms with E-state index in [9.17, 15) is 0 Å². The third-order valence-electron chi connectivity index (χ3n) is 3.52. The van der Waals surface area contributed by atoms with Gasteiger partial charge in [0.1, 0.15) is 5.82 Å². The van der Waals surface area contributed by atoms with Gasteiger partial charge in [-0.25, -0.2) is 0 Å². The number of benzene rings is 1. The maximum Gasteiger partial charge on any atom is 0.226 e. The molecule has 3 N–H and O–H groups in total. The van der Waals surface area contributed by atoms with Crippen molar-refractivity contribution in [1.82, 2.24) is 19.7 Å². The number of anilines is 3. The van der Waals surface area contributed by atoms with Crippen LogP contribution in [-0.4, -0.2) is 38.0 Å². The van der Waals surface area contributed by atoms with E-state index >= 15 is 0 Å². The first-order valence-electron chi connectivity index (χ1n) is 7.55. The standard InChI is InChI=1S/C16H20N6O/c1-11-4-6-12(7-5-11)19-14-13-10-18-22(2)15(13)21-16(20-14)17-8-3-9-23/h4-7,10,23H,3,8-9H2,1-2H3,(H2,17,19,20,21). The number of hydrogen-bond donors (Lipinski definition) is 3. The summed E-state index contributed by atoms with van der Waals surface area (Å²) in [7, 11) is 1.85. The molecular weight excluding hydrogens is 292 g/mol. The number of nitrogens with one attached hydrogen (secondary N) is 2. The fourth-order valence-electron chi connectivity index (χ4n) is 2.25. The van der Waals surface area contributed by atoms with Crippen LogP contribution in [0, 0.1) is 6.92 Å². The number of aromatic nitrogens is 4. The fraction of sp³-hybridized carbons (Fsp3) is 0.312. The molecule has 0 aliphatic carbocycles. The molecule has 1 aromatic carbocycles. The Morgan fingerprint density at radius 3 is 2.70 bits per heavy atom. The molecular formula is C16H20N6O. The van der Waals surface area contributed by atoms with Crippen molar-refractivity contribution in [2.24, 2.45) is 7.05 Å². The lowest BCUT2D eigenvalue weighted by molar-refractivity contribution is 0.292. The van der Waals surface area contributed by atoms with Crippen LogP contribution >= 0.6 is 0 Å². The predicted octanol–water partition coefficient (Wildman–Crippen LogP) is 2.21. The summed E-state index contributed by atoms with van der Waals surface area (Å²) in [5.41, 5.74) is 2.91. The minimum Gasteiger partial charge on any atom is -0.396 e. The number of nitrogens with zero attached hydrogens (tertiary/aromatic N) is 4. The van der Waals surface area contributed by atoms with Gasteiger partial charge in [-0.3, -0.25) is 4.68 Å². The molecule has 2 aromatic heterocycles. The molecule has 23 heavy (non-hydrogen) atoms. The number of aryl methyl sites for hydroxylation is 2. The van der Waals surface area contributed by atoms with Crippen molar-refractivity contribution in [3.8, 4) is 0 Å². The molecule has 0 aliphatic heterocycles. The van der Waals surface area contributed by atoms with Gasteiger partial charge in [-0.1, -0.05) is 17.7 Å². The summed E-state index contributed by atoms with van der Waals surface area (Å²) >= 11 is 0. The Balaban J connectivity index is 1.94. The van der Waals surface area contributed by atoms with Gasteiger partial charge in [-0.05, 0) is 25.5 Å². The van der Waals surface area contributed by atoms with Gasteiger partial charge < -0.3 is 15.7 Å². The minimum absolute atomic E-state index is 0.134. The lowest BCUT2D eigenvalue weighted by atomic mass is 10.2. The van der Waals surface area contributed by atoms with Crippen molar-refractivity contribution >= 4 is 28.5 Å². The van der Waals surface area contributed by atoms with Gasteiger partial charge in [-0.15, -0.1) is 0 Å². The summed E-state index contributed by atoms with van der Waals surface area (Å²) in [5.74, 6) is 1.22. The van der Waals surface area contributed by atoms with Crippen LogP contribution < -0.4 is 10.6 Å². The summed E-state index contributed by atoms with van der Waals surface area (Å²) in [5, 5.41) is 20.5. The first-order chi connectivity index (χ1) is 11.2. The average Bonchev–Trinajstić information content (AvgIpc) is 2.92. The fourth-order valence-corrected chi connectivity index (χ4v) is 2.25. The number of aliphatic hydroxyl groups is 1. The maximum atomic E-state index is 8.89. The molecule has 0 saturated heterocycles. The highest BCUT2D eigenvalue weighted by molar-refractivity contribution is 5.89. The molecule has 0 fully saturated rings. The Morgan fingerprint density at radius 2 is 1.96 bits per heavy atom. The van der Waals surface area contributed by atoms with Crippen LogP contribution in [0.1, 0.15) is 12.0 Å². The van der Waals surface area contributed by atoms with Crippen LogP contribution in [0.3, 0.4) is 0 Å². The second kappa shape index (κ2) is 6.62. The highest BCUT2D eigenvalue weighted by Gasteiger charge is 2.11. The highest BCUT2D eigenvalue weighted by atomic mass is 16.3. The van der Waals surface area contributed by atoms with Crippen LogP contribution in [0.25, 0.3) is 11.0 Å². The SMILES string of the molecule is Cc1ccc(Nc2nc(NCCCO)nc3c2cnn3C)cc1. The summed E-state index contributed by atoms with van der Waals surface area (Å²) in [6.45, 7) is 2.80. The molecule has 2 heterocycles. The van der Waals surface area contributed by atoms with Crippen molar-refractivity contribution < 1.29 is 5.11 Å². The monoisotopic (exact) mass is 312 g/mol. The quantitative estimate of drug-likeness (QED) is 0.605. The van der Waals surface area contributed by atoms with E-state index in [2.05, 4.69) is 32.6 Å². The van der Waals surface area contributed by atoms with Crippen LogP contribution in [0.15, 0.2) is 30.5 Å². The van der Waals surface area contributed by atoms with Crippen molar-refractivity contribution in [3.05, 3.63) is 36.0 Å². The lowest BCUT2D eigenvalue weighted by Crippen LogP contribution is -2.09. The lowest BCUT2D eigenvalue weighted by Gasteiger charge is -2.10. The zero-order valence-electron chi connectivity index (χ0n) is 13.2. The van der Waals surface area contributed by atoms with Gasteiger partial charge in [0.15, 0.2) is 5.65 Å². The van der Waals surface area contributed by atoms with Crippen molar-refractivity contribution in [2.75, 3.05) is 23.8 Å². The molecule has 0 unspecified atom stereocenters. The van der Waals surface area contributed by atoms with Gasteiger partial charge in [-0.2, -0.15) is 15.1 Å². The van der Waals surface area contributed by atoms with Gasteiger partial charge in [0.05, 0.1) is 11.6 Å². The van der Waals surface area contributed by atoms with Crippen LogP contribution in [0.2, 0.25) is 0 Å². The van der Waals surface area contributed by atoms with Gasteiger partial charge >= 0.3 is 0 Å². The van der Waals surface area contributed by atoms with E-state index in [-0.39, 0.29) is 6.61 Å². The Morgan fingerprint density at radius 1 is 1.17 bits per heavy atom. The first kappa shape index (κ1) is 15.2. The van der Waals surface area contributed by atoms with E-state index in [4.69, 9.17) is 5.11 Å². The van der Waals surface area contributed by atoms with Crippen molar-refractivity contribution in [2.45, 2.75) is 13.3 Å². The van der Waals surface area contributed by atoms with E-state index < -0.39 is 0 Å². The van der Waals surface area contributed by atoms with E-state index in [0.717, 1.165) is 16.7 Å². The molecule has 120 valence electrons. The molecule has 0 saturated carbocycles. The minimum atomic E-state index is 0.134. The highest BCUT2D eigenvalue weighted by Crippen LogP contribution is 2.24. The third-order valence-corrected chi connectivity index (χ3v) is 3.52. The molecule has 0 radical (unpaired) electrons. The van der Waals surface area contributed by atoms with Gasteiger partial charge in [0.2, 0.25) is 5.95 Å². The Bertz CT molecular complexity index is 796. The molecule has 0 amide bonds. The zero-order chi connectivity index (χ0) is 16.2. The molecule has 0 aliphatic rings. The summed E-state index contributed by atoms with van der Waals surface area (Å²) in [6.07, 6.45) is 2.40. The van der Waals surface area contributed by atoms with Crippen LogP contribution in [-0.2, 0) is 7.05 Å². The van der Waals surface area contributed by atoms with E-state index in [0.29, 0.717) is 24.7 Å². The molecule has 3 aromatic rings. The first-order valence-corrected chi connectivity index (χ1v) is 7.55. The summed E-state index contributed by atoms with van der Waals surface area (Å²) in [6, 6.07) is 8.12. The van der Waals surface area contributed by atoms with E-state index in [1.807, 2.05) is 31.3 Å². The van der Waals surface area contributed by atoms with E-state index in [1.165, 1.54) is 5.56 Å². The Labute approximate surface area is 134 Å². The van der Waals surface area contributed by atoms with Gasteiger partial charge in [0.25, 0.3) is 0 Å². The zero-order valence-corrected chi connectivity index (χ0v) is 13.2. The van der Waals surface area contributed by atoms with Crippen LogP contribution in [0.5, 0.6) is 0 Å². The third kappa shape index (κ3) is 3.40. The van der Waals surface area contributed by atoms with Crippen molar-refractivity contribution in [1.29, 1.82) is 0 Å². The second-order valence-electron chi connectivity index (χ2n) is 5.40. The van der Waals surface area contributed by atoms with Crippen molar-refractivity contribution in [3.63, 3.8) is 0 Å². The maximum absolute atomic E-state index is 8.89. The summed E-state index contributed by atoms with van der Waals surface area (Å²) < 4.78 is 1.72. The Hall–Kier alpha value is -2.67. The topological polar surface area (TPSA) is 87.9 Å². The average molecular weight is 312 g/mol. The molecule has 0 spiro atoms. The molecule has 7 nitrogen and oxygen atoms in total. The summed E-state index contributed by atoms with van der Waals surface area (Å²) in [4.78, 5) is 9.02. The smallest absolute Gasteiger partial charge is 0.226 e. The number of fused-ring (bicyclic) bond motifs is 1. The normalized spacial score (nSPS) is 10.9. The van der Waals surface area contributed by atoms with E-state index in [1.54, 1.807) is 10.9 Å².